The molecule has 11 nitrogen and oxygen atoms in total. The zero-order valence-corrected chi connectivity index (χ0v) is 19.9. The Hall–Kier alpha value is -2.64. The van der Waals surface area contributed by atoms with Gasteiger partial charge >= 0.3 is 23.9 Å². The molecule has 1 aliphatic heterocycles. The molecule has 0 N–H and O–H groups in total. The van der Waals surface area contributed by atoms with Crippen LogP contribution in [0.1, 0.15) is 27.7 Å². The molecule has 1 aromatic carbocycles. The average molecular weight is 505 g/mol. The molecule has 1 aromatic rings. The fourth-order valence-corrected chi connectivity index (χ4v) is 6.27. The first-order chi connectivity index (χ1) is 15.4. The Bertz CT molecular complexity index is 977. The number of carbonyl (C=O) groups is 4. The molecule has 1 fully saturated rings. The molecule has 1 heterocycles. The van der Waals surface area contributed by atoms with Gasteiger partial charge in [0.2, 0.25) is 8.87 Å². The number of carbonyl (C=O) groups excluding carboxylic acids is 4. The van der Waals surface area contributed by atoms with Crippen LogP contribution in [-0.2, 0) is 51.7 Å². The van der Waals surface area contributed by atoms with Crippen LogP contribution in [0.5, 0.6) is 0 Å². The normalized spacial score (nSPS) is 24.9. The minimum absolute atomic E-state index is 0.0390. The number of rotatable bonds is 8. The molecular formula is C20H24O11S2. The lowest BCUT2D eigenvalue weighted by molar-refractivity contribution is -0.237. The predicted molar refractivity (Wildman–Crippen MR) is 113 cm³/mol. The largest absolute Gasteiger partial charge is 0.463 e. The third-order valence-electron chi connectivity index (χ3n) is 4.20. The summed E-state index contributed by atoms with van der Waals surface area (Å²) in [4.78, 5) is 46.6. The van der Waals surface area contributed by atoms with Crippen molar-refractivity contribution in [2.75, 3.05) is 6.61 Å². The molecule has 0 amide bonds. The van der Waals surface area contributed by atoms with Crippen molar-refractivity contribution in [1.82, 2.24) is 0 Å². The Morgan fingerprint density at radius 2 is 1.33 bits per heavy atom. The van der Waals surface area contributed by atoms with Crippen molar-refractivity contribution in [2.24, 2.45) is 0 Å². The van der Waals surface area contributed by atoms with Crippen LogP contribution in [0.4, 0.5) is 0 Å². The quantitative estimate of drug-likeness (QED) is 0.284. The Kier molecular flexibility index (Phi) is 9.25. The maximum absolute atomic E-state index is 13.0. The molecule has 1 saturated heterocycles. The topological polar surface area (TPSA) is 149 Å². The second kappa shape index (κ2) is 11.5. The van der Waals surface area contributed by atoms with Crippen LogP contribution in [-0.4, -0.2) is 68.8 Å². The van der Waals surface area contributed by atoms with E-state index in [1.807, 2.05) is 0 Å². The lowest BCUT2D eigenvalue weighted by Gasteiger charge is -2.43. The maximum atomic E-state index is 13.0. The van der Waals surface area contributed by atoms with E-state index in [9.17, 15) is 27.6 Å². The molecule has 33 heavy (non-hydrogen) atoms. The van der Waals surface area contributed by atoms with E-state index in [0.717, 1.165) is 27.7 Å². The molecule has 0 radical (unpaired) electrons. The summed E-state index contributed by atoms with van der Waals surface area (Å²) < 4.78 is 52.5. The van der Waals surface area contributed by atoms with Crippen LogP contribution in [0.2, 0.25) is 0 Å². The second-order valence-electron chi connectivity index (χ2n) is 6.93. The highest BCUT2D eigenvalue weighted by atomic mass is 33.1. The predicted octanol–water partition coefficient (Wildman–Crippen LogP) is 1.19. The fourth-order valence-electron chi connectivity index (χ4n) is 3.03. The maximum Gasteiger partial charge on any atom is 0.303 e. The van der Waals surface area contributed by atoms with Crippen LogP contribution in [0.15, 0.2) is 35.2 Å². The number of esters is 4. The first kappa shape index (κ1) is 26.6. The van der Waals surface area contributed by atoms with E-state index < -0.39 is 69.2 Å². The van der Waals surface area contributed by atoms with Gasteiger partial charge in [-0.05, 0) is 12.1 Å². The lowest BCUT2D eigenvalue weighted by Crippen LogP contribution is -2.61. The first-order valence-corrected chi connectivity index (χ1v) is 12.6. The van der Waals surface area contributed by atoms with Crippen molar-refractivity contribution in [3.8, 4) is 0 Å². The van der Waals surface area contributed by atoms with Crippen molar-refractivity contribution in [1.29, 1.82) is 0 Å². The number of ether oxygens (including phenoxy) is 5. The lowest BCUT2D eigenvalue weighted by atomic mass is 9.99. The standard InChI is InChI=1S/C20H24O11S2/c1-11(21)27-10-16-17(28-12(2)22)18(29-13(3)23)19(30-14(4)24)20(31-16)32-33(25,26)15-8-6-5-7-9-15/h5-9,16-20H,10H2,1-4H3/t16-,17+,18+,19-,20+/m1/s1. The number of benzene rings is 1. The van der Waals surface area contributed by atoms with E-state index in [0.29, 0.717) is 10.8 Å². The van der Waals surface area contributed by atoms with Gasteiger partial charge in [-0.2, -0.15) is 0 Å². The van der Waals surface area contributed by atoms with Crippen molar-refractivity contribution in [3.63, 3.8) is 0 Å². The van der Waals surface area contributed by atoms with E-state index in [-0.39, 0.29) is 4.90 Å². The second-order valence-corrected chi connectivity index (χ2v) is 10.9. The van der Waals surface area contributed by atoms with Crippen LogP contribution in [0.3, 0.4) is 0 Å². The zero-order valence-electron chi connectivity index (χ0n) is 18.3. The molecule has 182 valence electrons. The highest BCUT2D eigenvalue weighted by Crippen LogP contribution is 2.38. The third kappa shape index (κ3) is 7.72. The average Bonchev–Trinajstić information content (AvgIpc) is 2.70. The highest BCUT2D eigenvalue weighted by molar-refractivity contribution is 8.72. The van der Waals surface area contributed by atoms with Gasteiger partial charge in [0, 0.05) is 38.5 Å². The summed E-state index contributed by atoms with van der Waals surface area (Å²) in [6, 6.07) is 7.43. The summed E-state index contributed by atoms with van der Waals surface area (Å²) in [5.41, 5.74) is -1.42. The minimum Gasteiger partial charge on any atom is -0.463 e. The molecular weight excluding hydrogens is 480 g/mol. The molecule has 0 aliphatic carbocycles. The molecule has 13 heteroatoms. The van der Waals surface area contributed by atoms with Gasteiger partial charge in [0.25, 0.3) is 0 Å². The van der Waals surface area contributed by atoms with Crippen molar-refractivity contribution < 1.29 is 51.3 Å². The van der Waals surface area contributed by atoms with Gasteiger partial charge in [-0.15, -0.1) is 0 Å². The van der Waals surface area contributed by atoms with Gasteiger partial charge in [0.15, 0.2) is 23.7 Å². The Morgan fingerprint density at radius 1 is 0.818 bits per heavy atom. The zero-order chi connectivity index (χ0) is 24.8. The molecule has 1 aliphatic rings. The van der Waals surface area contributed by atoms with Gasteiger partial charge in [-0.3, -0.25) is 19.2 Å². The fraction of sp³-hybridized carbons (Fsp3) is 0.500. The van der Waals surface area contributed by atoms with Gasteiger partial charge in [0.1, 0.15) is 12.7 Å². The monoisotopic (exact) mass is 504 g/mol. The SMILES string of the molecule is CC(=O)OC[C@H]1O[C@@H](SS(=O)(=O)c2ccccc2)[C@H](OC(C)=O)[C@@H](OC(C)=O)[C@H]1OC(C)=O. The Labute approximate surface area is 194 Å². The van der Waals surface area contributed by atoms with E-state index in [4.69, 9.17) is 23.7 Å². The van der Waals surface area contributed by atoms with Crippen LogP contribution < -0.4 is 0 Å². The third-order valence-corrected chi connectivity index (χ3v) is 7.78. The smallest absolute Gasteiger partial charge is 0.303 e. The summed E-state index contributed by atoms with van der Waals surface area (Å²) in [6.07, 6.45) is -5.48. The summed E-state index contributed by atoms with van der Waals surface area (Å²) in [5.74, 6) is -3.08. The molecule has 5 atom stereocenters. The van der Waals surface area contributed by atoms with Crippen LogP contribution in [0.25, 0.3) is 0 Å². The Morgan fingerprint density at radius 3 is 1.85 bits per heavy atom. The number of hydrogen-bond donors (Lipinski definition) is 0. The van der Waals surface area contributed by atoms with E-state index in [2.05, 4.69) is 0 Å². The van der Waals surface area contributed by atoms with E-state index in [1.54, 1.807) is 6.07 Å². The van der Waals surface area contributed by atoms with Crippen molar-refractivity contribution >= 4 is 43.5 Å². The van der Waals surface area contributed by atoms with Gasteiger partial charge in [-0.1, -0.05) is 18.2 Å². The molecule has 0 aromatic heterocycles. The van der Waals surface area contributed by atoms with Crippen molar-refractivity contribution in [2.45, 2.75) is 62.4 Å². The Balaban J connectivity index is 2.50. The van der Waals surface area contributed by atoms with Gasteiger partial charge in [0.05, 0.1) is 4.90 Å². The summed E-state index contributed by atoms with van der Waals surface area (Å²) >= 11 is 0. The van der Waals surface area contributed by atoms with Crippen molar-refractivity contribution in [3.05, 3.63) is 30.3 Å². The minimum atomic E-state index is -4.03. The molecule has 2 rings (SSSR count). The first-order valence-electron chi connectivity index (χ1n) is 9.69. The molecule has 0 spiro atoms. The molecule has 0 saturated carbocycles. The molecule has 0 bridgehead atoms. The summed E-state index contributed by atoms with van der Waals surface area (Å²) in [6.45, 7) is 3.94. The number of hydrogen-bond acceptors (Lipinski definition) is 12. The highest BCUT2D eigenvalue weighted by Gasteiger charge is 2.53. The van der Waals surface area contributed by atoms with Crippen LogP contribution >= 0.6 is 10.8 Å². The van der Waals surface area contributed by atoms with E-state index in [1.165, 1.54) is 24.3 Å². The van der Waals surface area contributed by atoms with Crippen LogP contribution in [0, 0.1) is 0 Å². The van der Waals surface area contributed by atoms with E-state index >= 15 is 0 Å². The summed E-state index contributed by atoms with van der Waals surface area (Å²) in [7, 11) is -3.72. The summed E-state index contributed by atoms with van der Waals surface area (Å²) in [5, 5.41) is 0. The van der Waals surface area contributed by atoms with Gasteiger partial charge < -0.3 is 23.7 Å². The molecule has 0 unspecified atom stereocenters. The van der Waals surface area contributed by atoms with Gasteiger partial charge in [-0.25, -0.2) is 8.42 Å².